The molecule has 1 aromatic heterocycles. The Labute approximate surface area is 140 Å². The predicted octanol–water partition coefficient (Wildman–Crippen LogP) is 1.49. The van der Waals surface area contributed by atoms with Gasteiger partial charge in [-0.25, -0.2) is 4.79 Å². The molecule has 23 heavy (non-hydrogen) atoms. The van der Waals surface area contributed by atoms with Crippen LogP contribution < -0.4 is 16.3 Å². The minimum atomic E-state index is -0.610. The highest BCUT2D eigenvalue weighted by molar-refractivity contribution is 5.99. The van der Waals surface area contributed by atoms with Crippen LogP contribution in [0.2, 0.25) is 0 Å². The lowest BCUT2D eigenvalue weighted by Gasteiger charge is -2.09. The first kappa shape index (κ1) is 19.2. The van der Waals surface area contributed by atoms with Crippen molar-refractivity contribution in [3.05, 3.63) is 45.8 Å². The van der Waals surface area contributed by atoms with Gasteiger partial charge in [0.25, 0.3) is 5.91 Å². The minimum Gasteiger partial charge on any atom is -0.422 e. The molecule has 1 heterocycles. The Balaban J connectivity index is 0.00000264. The molecule has 2 N–H and O–H groups in total. The zero-order valence-electron chi connectivity index (χ0n) is 13.2. The van der Waals surface area contributed by atoms with Crippen molar-refractivity contribution in [2.24, 2.45) is 0 Å². The smallest absolute Gasteiger partial charge is 0.349 e. The van der Waals surface area contributed by atoms with Crippen LogP contribution >= 0.6 is 12.4 Å². The summed E-state index contributed by atoms with van der Waals surface area (Å²) in [6.45, 7) is 4.11. The van der Waals surface area contributed by atoms with Gasteiger partial charge in [-0.05, 0) is 18.6 Å². The van der Waals surface area contributed by atoms with Gasteiger partial charge in [0.15, 0.2) is 0 Å². The van der Waals surface area contributed by atoms with Crippen LogP contribution in [0.1, 0.15) is 15.9 Å². The molecule has 2 aromatic rings. The molecule has 0 unspecified atom stereocenters. The summed E-state index contributed by atoms with van der Waals surface area (Å²) in [5, 5.41) is 6.60. The van der Waals surface area contributed by atoms with Gasteiger partial charge in [-0.2, -0.15) is 0 Å². The number of fused-ring (bicyclic) bond motifs is 1. The maximum absolute atomic E-state index is 12.2. The third kappa shape index (κ3) is 4.79. The first-order valence-corrected chi connectivity index (χ1v) is 7.15. The van der Waals surface area contributed by atoms with Gasteiger partial charge in [0.2, 0.25) is 0 Å². The van der Waals surface area contributed by atoms with E-state index in [1.54, 1.807) is 26.2 Å². The van der Waals surface area contributed by atoms with Crippen molar-refractivity contribution in [2.45, 2.75) is 6.92 Å². The zero-order chi connectivity index (χ0) is 15.9. The fraction of sp³-hybridized carbons (Fsp3) is 0.375. The predicted molar refractivity (Wildman–Crippen MR) is 91.5 cm³/mol. The van der Waals surface area contributed by atoms with E-state index in [1.165, 1.54) is 0 Å². The van der Waals surface area contributed by atoms with E-state index in [1.807, 2.05) is 12.1 Å². The normalized spacial score (nSPS) is 10.3. The molecule has 126 valence electrons. The van der Waals surface area contributed by atoms with Gasteiger partial charge >= 0.3 is 5.63 Å². The third-order valence-electron chi connectivity index (χ3n) is 3.37. The lowest BCUT2D eigenvalue weighted by Crippen LogP contribution is -2.35. The standard InChI is InChI=1S/C16H20N2O4.ClH/c1-11-12-5-3-4-6-13(12)22-16(20)14(11)15(19)18-8-7-17-9-10-21-2;/h3-6,17H,7-10H2,1-2H3,(H,18,19);1H. The number of ether oxygens (including phenoxy) is 1. The summed E-state index contributed by atoms with van der Waals surface area (Å²) in [6, 6.07) is 7.18. The van der Waals surface area contributed by atoms with Crippen LogP contribution in [0.3, 0.4) is 0 Å². The topological polar surface area (TPSA) is 80.6 Å². The van der Waals surface area contributed by atoms with Crippen LogP contribution in [-0.2, 0) is 4.74 Å². The van der Waals surface area contributed by atoms with Crippen LogP contribution in [0.4, 0.5) is 0 Å². The van der Waals surface area contributed by atoms with E-state index in [0.717, 1.165) is 5.39 Å². The van der Waals surface area contributed by atoms with Crippen molar-refractivity contribution in [2.75, 3.05) is 33.4 Å². The molecular formula is C16H21ClN2O4. The Morgan fingerprint density at radius 3 is 2.70 bits per heavy atom. The van der Waals surface area contributed by atoms with Crippen molar-refractivity contribution < 1.29 is 13.9 Å². The lowest BCUT2D eigenvalue weighted by atomic mass is 10.1. The quantitative estimate of drug-likeness (QED) is 0.589. The highest BCUT2D eigenvalue weighted by Crippen LogP contribution is 2.18. The molecule has 0 saturated carbocycles. The number of methoxy groups -OCH3 is 1. The number of benzene rings is 1. The molecule has 0 radical (unpaired) electrons. The fourth-order valence-corrected chi connectivity index (χ4v) is 2.22. The Morgan fingerprint density at radius 2 is 1.96 bits per heavy atom. The maximum Gasteiger partial charge on any atom is 0.349 e. The third-order valence-corrected chi connectivity index (χ3v) is 3.37. The van der Waals surface area contributed by atoms with E-state index in [0.29, 0.717) is 37.4 Å². The molecule has 6 nitrogen and oxygen atoms in total. The first-order valence-electron chi connectivity index (χ1n) is 7.15. The summed E-state index contributed by atoms with van der Waals surface area (Å²) in [6.07, 6.45) is 0. The summed E-state index contributed by atoms with van der Waals surface area (Å²) in [7, 11) is 1.63. The zero-order valence-corrected chi connectivity index (χ0v) is 14.0. The highest BCUT2D eigenvalue weighted by Gasteiger charge is 2.17. The SMILES string of the molecule is COCCNCCNC(=O)c1c(C)c2ccccc2oc1=O.Cl. The number of aryl methyl sites for hydroxylation is 1. The molecule has 1 aromatic carbocycles. The van der Waals surface area contributed by atoms with Gasteiger partial charge in [0, 0.05) is 32.1 Å². The molecule has 7 heteroatoms. The van der Waals surface area contributed by atoms with Crippen molar-refractivity contribution >= 4 is 29.3 Å². The van der Waals surface area contributed by atoms with Crippen LogP contribution in [0, 0.1) is 6.92 Å². The van der Waals surface area contributed by atoms with E-state index in [2.05, 4.69) is 10.6 Å². The molecule has 0 bridgehead atoms. The second-order valence-corrected chi connectivity index (χ2v) is 4.88. The second kappa shape index (κ2) is 9.29. The molecular weight excluding hydrogens is 320 g/mol. The van der Waals surface area contributed by atoms with Gasteiger partial charge in [-0.15, -0.1) is 12.4 Å². The van der Waals surface area contributed by atoms with E-state index >= 15 is 0 Å². The molecule has 0 atom stereocenters. The number of carbonyl (C=O) groups excluding carboxylic acids is 1. The molecule has 0 fully saturated rings. The van der Waals surface area contributed by atoms with E-state index in [-0.39, 0.29) is 18.0 Å². The average molecular weight is 341 g/mol. The van der Waals surface area contributed by atoms with Gasteiger partial charge in [-0.1, -0.05) is 18.2 Å². The van der Waals surface area contributed by atoms with Crippen molar-refractivity contribution in [3.8, 4) is 0 Å². The van der Waals surface area contributed by atoms with Crippen LogP contribution in [0.15, 0.2) is 33.5 Å². The minimum absolute atomic E-state index is 0. The van der Waals surface area contributed by atoms with Crippen LogP contribution in [-0.4, -0.2) is 39.3 Å². The van der Waals surface area contributed by atoms with Crippen molar-refractivity contribution in [3.63, 3.8) is 0 Å². The molecule has 0 saturated heterocycles. The summed E-state index contributed by atoms with van der Waals surface area (Å²) in [5.41, 5.74) is 0.580. The number of hydrogen-bond acceptors (Lipinski definition) is 5. The molecule has 0 spiro atoms. The first-order chi connectivity index (χ1) is 10.6. The molecule has 0 aliphatic rings. The van der Waals surface area contributed by atoms with Gasteiger partial charge in [0.05, 0.1) is 6.61 Å². The molecule has 0 aliphatic carbocycles. The van der Waals surface area contributed by atoms with E-state index in [4.69, 9.17) is 9.15 Å². The van der Waals surface area contributed by atoms with Gasteiger partial charge in [-0.3, -0.25) is 4.79 Å². The number of rotatable bonds is 7. The van der Waals surface area contributed by atoms with E-state index < -0.39 is 11.5 Å². The summed E-state index contributed by atoms with van der Waals surface area (Å²) < 4.78 is 10.1. The maximum atomic E-state index is 12.2. The Bertz CT molecular complexity index is 715. The van der Waals surface area contributed by atoms with Crippen molar-refractivity contribution in [1.29, 1.82) is 0 Å². The summed E-state index contributed by atoms with van der Waals surface area (Å²) >= 11 is 0. The second-order valence-electron chi connectivity index (χ2n) is 4.88. The Hall–Kier alpha value is -1.89. The number of nitrogens with one attached hydrogen (secondary N) is 2. The summed E-state index contributed by atoms with van der Waals surface area (Å²) in [4.78, 5) is 24.2. The summed E-state index contributed by atoms with van der Waals surface area (Å²) in [5.74, 6) is -0.412. The number of carbonyl (C=O) groups is 1. The average Bonchev–Trinajstić information content (AvgIpc) is 2.51. The number of halogens is 1. The van der Waals surface area contributed by atoms with E-state index in [9.17, 15) is 9.59 Å². The van der Waals surface area contributed by atoms with Gasteiger partial charge < -0.3 is 19.8 Å². The fourth-order valence-electron chi connectivity index (χ4n) is 2.22. The molecule has 2 rings (SSSR count). The van der Waals surface area contributed by atoms with Crippen LogP contribution in [0.25, 0.3) is 11.0 Å². The number of hydrogen-bond donors (Lipinski definition) is 2. The Morgan fingerprint density at radius 1 is 1.22 bits per heavy atom. The lowest BCUT2D eigenvalue weighted by molar-refractivity contribution is 0.0949. The highest BCUT2D eigenvalue weighted by atomic mass is 35.5. The number of amides is 1. The molecule has 1 amide bonds. The van der Waals surface area contributed by atoms with Crippen LogP contribution in [0.5, 0.6) is 0 Å². The Kier molecular flexibility index (Phi) is 7.74. The van der Waals surface area contributed by atoms with Gasteiger partial charge in [0.1, 0.15) is 11.1 Å². The van der Waals surface area contributed by atoms with Crippen molar-refractivity contribution in [1.82, 2.24) is 10.6 Å². The molecule has 0 aliphatic heterocycles. The number of para-hydroxylation sites is 1. The monoisotopic (exact) mass is 340 g/mol. The largest absolute Gasteiger partial charge is 0.422 e.